The number of benzene rings is 2. The molecule has 0 aliphatic rings. The molecule has 0 bridgehead atoms. The molecular weight excluding hydrogens is 322 g/mol. The smallest absolute Gasteiger partial charge is 0.137 e. The van der Waals surface area contributed by atoms with E-state index < -0.39 is 5.38 Å². The fourth-order valence-corrected chi connectivity index (χ4v) is 2.43. The summed E-state index contributed by atoms with van der Waals surface area (Å²) in [4.78, 5) is 0. The maximum Gasteiger partial charge on any atom is 0.137 e. The summed E-state index contributed by atoms with van der Waals surface area (Å²) in [5, 5.41) is -0.503. The van der Waals surface area contributed by atoms with Crippen LogP contribution in [0.3, 0.4) is 0 Å². The number of rotatable bonds is 2. The summed E-state index contributed by atoms with van der Waals surface area (Å²) in [7, 11) is 0. The van der Waals surface area contributed by atoms with E-state index in [0.717, 1.165) is 11.1 Å². The minimum absolute atomic E-state index is 0.322. The summed E-state index contributed by atoms with van der Waals surface area (Å²) < 4.78 is 26.8. The summed E-state index contributed by atoms with van der Waals surface area (Å²) in [6.07, 6.45) is 0. The Bertz CT molecular complexity index is 564. The van der Waals surface area contributed by atoms with Gasteiger partial charge in [0.05, 0.1) is 9.85 Å². The van der Waals surface area contributed by atoms with Crippen LogP contribution in [-0.2, 0) is 0 Å². The van der Waals surface area contributed by atoms with E-state index in [2.05, 4.69) is 15.9 Å². The second-order valence-corrected chi connectivity index (χ2v) is 5.39. The molecule has 0 aliphatic carbocycles. The number of aryl methyl sites for hydroxylation is 1. The fourth-order valence-electron chi connectivity index (χ4n) is 1.77. The van der Waals surface area contributed by atoms with Gasteiger partial charge in [-0.25, -0.2) is 8.78 Å². The van der Waals surface area contributed by atoms with E-state index in [1.165, 1.54) is 18.2 Å². The highest BCUT2D eigenvalue weighted by atomic mass is 79.9. The molecule has 0 heterocycles. The molecule has 0 spiro atoms. The average molecular weight is 332 g/mol. The lowest BCUT2D eigenvalue weighted by atomic mass is 10.0. The van der Waals surface area contributed by atoms with Gasteiger partial charge in [0, 0.05) is 0 Å². The second-order valence-electron chi connectivity index (χ2n) is 4.10. The monoisotopic (exact) mass is 330 g/mol. The van der Waals surface area contributed by atoms with Crippen LogP contribution in [0.1, 0.15) is 22.1 Å². The maximum atomic E-state index is 13.3. The molecule has 0 amide bonds. The summed E-state index contributed by atoms with van der Waals surface area (Å²) in [6.45, 7) is 1.80. The zero-order valence-corrected chi connectivity index (χ0v) is 11.9. The van der Waals surface area contributed by atoms with Gasteiger partial charge in [-0.15, -0.1) is 11.6 Å². The molecule has 0 fully saturated rings. The van der Waals surface area contributed by atoms with Crippen molar-refractivity contribution in [3.05, 3.63) is 69.2 Å². The summed E-state index contributed by atoms with van der Waals surface area (Å²) in [5.74, 6) is -0.671. The Hall–Kier alpha value is -0.930. The van der Waals surface area contributed by atoms with Crippen LogP contribution in [0.15, 0.2) is 40.9 Å². The highest BCUT2D eigenvalue weighted by Crippen LogP contribution is 2.32. The number of hydrogen-bond donors (Lipinski definition) is 0. The van der Waals surface area contributed by atoms with Gasteiger partial charge in [0.15, 0.2) is 0 Å². The lowest BCUT2D eigenvalue weighted by Crippen LogP contribution is -1.96. The molecule has 0 aromatic heterocycles. The topological polar surface area (TPSA) is 0 Å². The average Bonchev–Trinajstić information content (AvgIpc) is 2.30. The fraction of sp³-hybridized carbons (Fsp3) is 0.143. The molecule has 2 aromatic carbocycles. The molecule has 0 radical (unpaired) electrons. The predicted octanol–water partition coefficient (Wildman–Crippen LogP) is 5.36. The Kier molecular flexibility index (Phi) is 4.03. The van der Waals surface area contributed by atoms with Gasteiger partial charge in [0.1, 0.15) is 11.6 Å². The van der Waals surface area contributed by atoms with Crippen LogP contribution in [-0.4, -0.2) is 0 Å². The zero-order chi connectivity index (χ0) is 13.3. The van der Waals surface area contributed by atoms with Crippen molar-refractivity contribution in [1.29, 1.82) is 0 Å². The minimum Gasteiger partial charge on any atom is -0.207 e. The van der Waals surface area contributed by atoms with Crippen molar-refractivity contribution in [3.63, 3.8) is 0 Å². The highest BCUT2D eigenvalue weighted by molar-refractivity contribution is 9.10. The normalized spacial score (nSPS) is 12.5. The van der Waals surface area contributed by atoms with Gasteiger partial charge < -0.3 is 0 Å². The van der Waals surface area contributed by atoms with Crippen LogP contribution >= 0.6 is 27.5 Å². The molecule has 0 N–H and O–H groups in total. The van der Waals surface area contributed by atoms with E-state index in [1.807, 2.05) is 6.07 Å². The molecular formula is C14H10BrClF2. The van der Waals surface area contributed by atoms with Crippen LogP contribution in [0.5, 0.6) is 0 Å². The molecule has 1 unspecified atom stereocenters. The predicted molar refractivity (Wildman–Crippen MR) is 72.9 cm³/mol. The molecule has 0 aliphatic heterocycles. The first kappa shape index (κ1) is 13.5. The first-order valence-electron chi connectivity index (χ1n) is 5.33. The quantitative estimate of drug-likeness (QED) is 0.650. The molecule has 4 heteroatoms. The van der Waals surface area contributed by atoms with Crippen molar-refractivity contribution in [2.75, 3.05) is 0 Å². The minimum atomic E-state index is -0.503. The maximum absolute atomic E-state index is 13.3. The standard InChI is InChI=1S/C14H10BrClF2/c1-8-4-10(6-11(17)5-8)14(16)9-2-3-13(18)12(15)7-9/h2-7,14H,1H3. The lowest BCUT2D eigenvalue weighted by Gasteiger charge is -2.12. The summed E-state index contributed by atoms with van der Waals surface area (Å²) >= 11 is 9.40. The molecule has 2 aromatic rings. The van der Waals surface area contributed by atoms with Gasteiger partial charge >= 0.3 is 0 Å². The van der Waals surface area contributed by atoms with E-state index in [-0.39, 0.29) is 11.6 Å². The Morgan fingerprint density at radius 1 is 1.06 bits per heavy atom. The number of hydrogen-bond acceptors (Lipinski definition) is 0. The third-order valence-electron chi connectivity index (χ3n) is 2.59. The molecule has 94 valence electrons. The van der Waals surface area contributed by atoms with Gasteiger partial charge in [-0.3, -0.25) is 0 Å². The lowest BCUT2D eigenvalue weighted by molar-refractivity contribution is 0.619. The van der Waals surface area contributed by atoms with Gasteiger partial charge in [0.2, 0.25) is 0 Å². The molecule has 1 atom stereocenters. The molecule has 18 heavy (non-hydrogen) atoms. The first-order valence-corrected chi connectivity index (χ1v) is 6.56. The molecule has 0 saturated carbocycles. The third-order valence-corrected chi connectivity index (χ3v) is 3.71. The van der Waals surface area contributed by atoms with E-state index >= 15 is 0 Å². The first-order chi connectivity index (χ1) is 8.47. The van der Waals surface area contributed by atoms with E-state index in [9.17, 15) is 8.78 Å². The van der Waals surface area contributed by atoms with Crippen molar-refractivity contribution < 1.29 is 8.78 Å². The second kappa shape index (κ2) is 5.37. The Labute approximate surface area is 118 Å². The van der Waals surface area contributed by atoms with Crippen LogP contribution in [0, 0.1) is 18.6 Å². The molecule has 0 saturated heterocycles. The van der Waals surface area contributed by atoms with Crippen LogP contribution in [0.25, 0.3) is 0 Å². The van der Waals surface area contributed by atoms with Gasteiger partial charge in [-0.2, -0.15) is 0 Å². The van der Waals surface area contributed by atoms with Crippen molar-refractivity contribution >= 4 is 27.5 Å². The van der Waals surface area contributed by atoms with Gasteiger partial charge in [-0.05, 0) is 63.8 Å². The largest absolute Gasteiger partial charge is 0.207 e. The van der Waals surface area contributed by atoms with Crippen molar-refractivity contribution in [3.8, 4) is 0 Å². The Balaban J connectivity index is 2.40. The van der Waals surface area contributed by atoms with E-state index in [4.69, 9.17) is 11.6 Å². The number of alkyl halides is 1. The SMILES string of the molecule is Cc1cc(F)cc(C(Cl)c2ccc(F)c(Br)c2)c1. The third kappa shape index (κ3) is 2.90. The zero-order valence-electron chi connectivity index (χ0n) is 9.55. The van der Waals surface area contributed by atoms with Crippen LogP contribution in [0.4, 0.5) is 8.78 Å². The van der Waals surface area contributed by atoms with Crippen LogP contribution < -0.4 is 0 Å². The van der Waals surface area contributed by atoms with Crippen LogP contribution in [0.2, 0.25) is 0 Å². The number of halogens is 4. The highest BCUT2D eigenvalue weighted by Gasteiger charge is 2.13. The van der Waals surface area contributed by atoms with Gasteiger partial charge in [-0.1, -0.05) is 12.1 Å². The van der Waals surface area contributed by atoms with E-state index in [0.29, 0.717) is 10.0 Å². The van der Waals surface area contributed by atoms with Crippen molar-refractivity contribution in [1.82, 2.24) is 0 Å². The Morgan fingerprint density at radius 3 is 2.39 bits per heavy atom. The molecule has 0 nitrogen and oxygen atoms in total. The summed E-state index contributed by atoms with van der Waals surface area (Å²) in [5.41, 5.74) is 2.18. The molecule has 2 rings (SSSR count). The van der Waals surface area contributed by atoms with Crippen molar-refractivity contribution in [2.45, 2.75) is 12.3 Å². The summed E-state index contributed by atoms with van der Waals surface area (Å²) in [6, 6.07) is 9.18. The van der Waals surface area contributed by atoms with Gasteiger partial charge in [0.25, 0.3) is 0 Å². The van der Waals surface area contributed by atoms with Crippen molar-refractivity contribution in [2.24, 2.45) is 0 Å². The van der Waals surface area contributed by atoms with E-state index in [1.54, 1.807) is 19.1 Å². The Morgan fingerprint density at radius 2 is 1.78 bits per heavy atom.